The van der Waals surface area contributed by atoms with E-state index < -0.39 is 10.0 Å². The summed E-state index contributed by atoms with van der Waals surface area (Å²) in [5.74, 6) is -0.105. The highest BCUT2D eigenvalue weighted by atomic mass is 35.5. The first-order valence-electron chi connectivity index (χ1n) is 8.97. The summed E-state index contributed by atoms with van der Waals surface area (Å²) in [6.45, 7) is 1.95. The van der Waals surface area contributed by atoms with Crippen LogP contribution in [0.1, 0.15) is 34.6 Å². The smallest absolute Gasteiger partial charge is 0.274 e. The van der Waals surface area contributed by atoms with Crippen molar-refractivity contribution in [1.82, 2.24) is 19.0 Å². The van der Waals surface area contributed by atoms with Crippen LogP contribution in [0.2, 0.25) is 5.02 Å². The Morgan fingerprint density at radius 3 is 2.63 bits per heavy atom. The van der Waals surface area contributed by atoms with Crippen LogP contribution in [0.25, 0.3) is 0 Å². The summed E-state index contributed by atoms with van der Waals surface area (Å²) in [5, 5.41) is 4.80. The number of aromatic nitrogens is 2. The lowest BCUT2D eigenvalue weighted by atomic mass is 10.1. The molecular weight excluding hydrogens is 388 g/mol. The molecule has 4 rings (SSSR count). The quantitative estimate of drug-likeness (QED) is 0.779. The predicted molar refractivity (Wildman–Crippen MR) is 101 cm³/mol. The van der Waals surface area contributed by atoms with Crippen molar-refractivity contribution in [1.29, 1.82) is 0 Å². The fourth-order valence-corrected chi connectivity index (χ4v) is 5.50. The Bertz CT molecular complexity index is 996. The predicted octanol–water partition coefficient (Wildman–Crippen LogP) is 2.06. The number of amides is 1. The van der Waals surface area contributed by atoms with Gasteiger partial charge in [-0.25, -0.2) is 8.42 Å². The maximum absolute atomic E-state index is 13.0. The van der Waals surface area contributed by atoms with E-state index in [1.807, 2.05) is 0 Å². The van der Waals surface area contributed by atoms with Crippen molar-refractivity contribution in [2.45, 2.75) is 30.7 Å². The van der Waals surface area contributed by atoms with E-state index in [-0.39, 0.29) is 17.3 Å². The van der Waals surface area contributed by atoms with Crippen molar-refractivity contribution in [2.24, 2.45) is 7.05 Å². The number of rotatable bonds is 3. The Kier molecular flexibility index (Phi) is 4.73. The lowest BCUT2D eigenvalue weighted by Gasteiger charge is -2.27. The van der Waals surface area contributed by atoms with Crippen LogP contribution in [0.3, 0.4) is 0 Å². The average Bonchev–Trinajstić information content (AvgIpc) is 3.29. The third-order valence-electron chi connectivity index (χ3n) is 5.24. The molecular formula is C18H21ClN4O3S. The van der Waals surface area contributed by atoms with Gasteiger partial charge in [0.25, 0.3) is 5.91 Å². The molecule has 0 bridgehead atoms. The van der Waals surface area contributed by atoms with Gasteiger partial charge >= 0.3 is 0 Å². The fraction of sp³-hybridized carbons (Fsp3) is 0.444. The van der Waals surface area contributed by atoms with Crippen LogP contribution < -0.4 is 0 Å². The van der Waals surface area contributed by atoms with Gasteiger partial charge in [0.05, 0.1) is 4.90 Å². The molecule has 0 unspecified atom stereocenters. The Labute approximate surface area is 163 Å². The summed E-state index contributed by atoms with van der Waals surface area (Å²) < 4.78 is 29.2. The number of halogens is 1. The molecule has 3 heterocycles. The SMILES string of the molecule is Cn1nc(C(=O)N2CCCC2)c2c1CCN(S(=O)(=O)c1cccc(Cl)c1)C2. The Morgan fingerprint density at radius 1 is 1.19 bits per heavy atom. The van der Waals surface area contributed by atoms with Gasteiger partial charge in [0.2, 0.25) is 10.0 Å². The second-order valence-corrected chi connectivity index (χ2v) is 9.32. The van der Waals surface area contributed by atoms with Gasteiger partial charge < -0.3 is 4.90 Å². The number of hydrogen-bond donors (Lipinski definition) is 0. The van der Waals surface area contributed by atoms with E-state index in [1.165, 1.54) is 16.4 Å². The second-order valence-electron chi connectivity index (χ2n) is 6.94. The molecule has 0 N–H and O–H groups in total. The lowest BCUT2D eigenvalue weighted by molar-refractivity contribution is 0.0784. The van der Waals surface area contributed by atoms with Gasteiger partial charge in [0.15, 0.2) is 5.69 Å². The van der Waals surface area contributed by atoms with E-state index in [0.717, 1.165) is 31.6 Å². The highest BCUT2D eigenvalue weighted by Gasteiger charge is 2.35. The summed E-state index contributed by atoms with van der Waals surface area (Å²) in [5.41, 5.74) is 2.02. The maximum Gasteiger partial charge on any atom is 0.274 e. The molecule has 2 aromatic rings. The summed E-state index contributed by atoms with van der Waals surface area (Å²) in [4.78, 5) is 14.8. The lowest BCUT2D eigenvalue weighted by Crippen LogP contribution is -2.37. The number of fused-ring (bicyclic) bond motifs is 1. The first kappa shape index (κ1) is 18.5. The number of benzene rings is 1. The zero-order chi connectivity index (χ0) is 19.2. The highest BCUT2D eigenvalue weighted by Crippen LogP contribution is 2.29. The zero-order valence-electron chi connectivity index (χ0n) is 15.1. The van der Waals surface area contributed by atoms with Gasteiger partial charge in [-0.1, -0.05) is 17.7 Å². The molecule has 9 heteroatoms. The fourth-order valence-electron chi connectivity index (χ4n) is 3.79. The Morgan fingerprint density at radius 2 is 1.93 bits per heavy atom. The number of hydrogen-bond acceptors (Lipinski definition) is 4. The van der Waals surface area contributed by atoms with Gasteiger partial charge in [-0.2, -0.15) is 9.40 Å². The largest absolute Gasteiger partial charge is 0.337 e. The van der Waals surface area contributed by atoms with Gasteiger partial charge in [-0.05, 0) is 31.0 Å². The molecule has 0 saturated carbocycles. The molecule has 144 valence electrons. The first-order valence-corrected chi connectivity index (χ1v) is 10.8. The van der Waals surface area contributed by atoms with E-state index >= 15 is 0 Å². The van der Waals surface area contributed by atoms with E-state index in [4.69, 9.17) is 11.6 Å². The molecule has 1 saturated heterocycles. The molecule has 2 aliphatic heterocycles. The Balaban J connectivity index is 1.67. The third-order valence-corrected chi connectivity index (χ3v) is 7.31. The first-order chi connectivity index (χ1) is 12.9. The minimum Gasteiger partial charge on any atom is -0.337 e. The summed E-state index contributed by atoms with van der Waals surface area (Å²) in [7, 11) is -1.89. The van der Waals surface area contributed by atoms with Gasteiger partial charge in [-0.3, -0.25) is 9.48 Å². The molecule has 0 spiro atoms. The van der Waals surface area contributed by atoms with Crippen LogP contribution in [-0.2, 0) is 30.0 Å². The normalized spacial score (nSPS) is 17.9. The van der Waals surface area contributed by atoms with Crippen molar-refractivity contribution >= 4 is 27.5 Å². The molecule has 0 atom stereocenters. The molecule has 1 aromatic carbocycles. The van der Waals surface area contributed by atoms with E-state index in [9.17, 15) is 13.2 Å². The molecule has 0 aliphatic carbocycles. The summed E-state index contributed by atoms with van der Waals surface area (Å²) in [6, 6.07) is 6.25. The van der Waals surface area contributed by atoms with E-state index in [1.54, 1.807) is 28.8 Å². The highest BCUT2D eigenvalue weighted by molar-refractivity contribution is 7.89. The van der Waals surface area contributed by atoms with Gasteiger partial charge in [0.1, 0.15) is 0 Å². The van der Waals surface area contributed by atoms with Crippen LogP contribution in [0.5, 0.6) is 0 Å². The number of aryl methyl sites for hydroxylation is 1. The molecule has 7 nitrogen and oxygen atoms in total. The number of nitrogens with zero attached hydrogens (tertiary/aromatic N) is 4. The average molecular weight is 409 g/mol. The van der Waals surface area contributed by atoms with Crippen molar-refractivity contribution in [2.75, 3.05) is 19.6 Å². The second kappa shape index (κ2) is 6.92. The topological polar surface area (TPSA) is 75.5 Å². The zero-order valence-corrected chi connectivity index (χ0v) is 16.6. The number of carbonyl (C=O) groups is 1. The Hall–Kier alpha value is -1.90. The van der Waals surface area contributed by atoms with Gasteiger partial charge in [-0.15, -0.1) is 0 Å². The van der Waals surface area contributed by atoms with Crippen molar-refractivity contribution in [3.8, 4) is 0 Å². The van der Waals surface area contributed by atoms with E-state index in [2.05, 4.69) is 5.10 Å². The van der Waals surface area contributed by atoms with Crippen molar-refractivity contribution in [3.63, 3.8) is 0 Å². The van der Waals surface area contributed by atoms with Gasteiger partial charge in [0, 0.05) is 55.9 Å². The van der Waals surface area contributed by atoms with Crippen molar-refractivity contribution < 1.29 is 13.2 Å². The summed E-state index contributed by atoms with van der Waals surface area (Å²) >= 11 is 5.97. The summed E-state index contributed by atoms with van der Waals surface area (Å²) in [6.07, 6.45) is 2.51. The van der Waals surface area contributed by atoms with Crippen molar-refractivity contribution in [3.05, 3.63) is 46.2 Å². The van der Waals surface area contributed by atoms with Crippen LogP contribution in [-0.4, -0.2) is 52.9 Å². The molecule has 2 aliphatic rings. The maximum atomic E-state index is 13.0. The van der Waals surface area contributed by atoms with Crippen LogP contribution in [0.4, 0.5) is 0 Å². The minimum absolute atomic E-state index is 0.105. The number of likely N-dealkylation sites (tertiary alicyclic amines) is 1. The van der Waals surface area contributed by atoms with Crippen LogP contribution >= 0.6 is 11.6 Å². The molecule has 1 amide bonds. The van der Waals surface area contributed by atoms with Crippen LogP contribution in [0, 0.1) is 0 Å². The molecule has 0 radical (unpaired) electrons. The minimum atomic E-state index is -3.69. The van der Waals surface area contributed by atoms with E-state index in [0.29, 0.717) is 29.2 Å². The molecule has 27 heavy (non-hydrogen) atoms. The third kappa shape index (κ3) is 3.26. The number of sulfonamides is 1. The number of carbonyl (C=O) groups excluding carboxylic acids is 1. The molecule has 1 aromatic heterocycles. The van der Waals surface area contributed by atoms with Crippen LogP contribution in [0.15, 0.2) is 29.2 Å². The molecule has 1 fully saturated rings. The standard InChI is InChI=1S/C18H21ClN4O3S/c1-21-16-7-10-23(27(25,26)14-6-4-5-13(19)11-14)12-15(16)17(20-21)18(24)22-8-2-3-9-22/h4-6,11H,2-3,7-10,12H2,1H3. The monoisotopic (exact) mass is 408 g/mol.